The molecule has 0 saturated carbocycles. The summed E-state index contributed by atoms with van der Waals surface area (Å²) in [6, 6.07) is 13.6. The summed E-state index contributed by atoms with van der Waals surface area (Å²) in [5.41, 5.74) is 3.73. The summed E-state index contributed by atoms with van der Waals surface area (Å²) < 4.78 is 10.8. The Morgan fingerprint density at radius 2 is 1.68 bits per heavy atom. The van der Waals surface area contributed by atoms with Crippen molar-refractivity contribution in [2.75, 3.05) is 14.2 Å². The van der Waals surface area contributed by atoms with Crippen molar-refractivity contribution in [1.82, 2.24) is 9.88 Å². The molecule has 1 saturated heterocycles. The molecule has 1 unspecified atom stereocenters. The number of likely N-dealkylation sites (tertiary alicyclic amines) is 1. The molecular formula is C27H26N2O5. The van der Waals surface area contributed by atoms with Crippen molar-refractivity contribution < 1.29 is 24.2 Å². The van der Waals surface area contributed by atoms with Gasteiger partial charge in [0.1, 0.15) is 5.76 Å². The van der Waals surface area contributed by atoms with E-state index in [2.05, 4.69) is 4.98 Å². The number of hydrogen-bond acceptors (Lipinski definition) is 6. The molecule has 7 nitrogen and oxygen atoms in total. The van der Waals surface area contributed by atoms with Crippen LogP contribution in [0.15, 0.2) is 66.5 Å². The quantitative estimate of drug-likeness (QED) is 0.336. The zero-order valence-electron chi connectivity index (χ0n) is 19.5. The summed E-state index contributed by atoms with van der Waals surface area (Å²) in [7, 11) is 3.05. The maximum atomic E-state index is 13.3. The first-order chi connectivity index (χ1) is 16.3. The van der Waals surface area contributed by atoms with Gasteiger partial charge in [0.2, 0.25) is 0 Å². The van der Waals surface area contributed by atoms with Crippen molar-refractivity contribution in [1.29, 1.82) is 0 Å². The predicted molar refractivity (Wildman–Crippen MR) is 128 cm³/mol. The van der Waals surface area contributed by atoms with Crippen molar-refractivity contribution in [3.05, 3.63) is 94.3 Å². The van der Waals surface area contributed by atoms with Crippen LogP contribution in [-0.2, 0) is 16.1 Å². The van der Waals surface area contributed by atoms with Crippen LogP contribution in [0.25, 0.3) is 5.76 Å². The van der Waals surface area contributed by atoms with Gasteiger partial charge in [-0.05, 0) is 60.9 Å². The van der Waals surface area contributed by atoms with Crippen LogP contribution < -0.4 is 9.47 Å². The number of rotatable bonds is 6. The van der Waals surface area contributed by atoms with Crippen LogP contribution in [0.2, 0.25) is 0 Å². The molecule has 1 aliphatic heterocycles. The highest BCUT2D eigenvalue weighted by Crippen LogP contribution is 2.43. The average molecular weight is 459 g/mol. The van der Waals surface area contributed by atoms with E-state index in [1.807, 2.05) is 32.0 Å². The molecule has 3 aromatic rings. The monoisotopic (exact) mass is 458 g/mol. The molecule has 7 heteroatoms. The van der Waals surface area contributed by atoms with E-state index in [9.17, 15) is 14.7 Å². The van der Waals surface area contributed by atoms with Gasteiger partial charge in [-0.3, -0.25) is 14.6 Å². The van der Waals surface area contributed by atoms with Gasteiger partial charge >= 0.3 is 0 Å². The lowest BCUT2D eigenvalue weighted by Gasteiger charge is -2.26. The molecule has 0 bridgehead atoms. The number of pyridine rings is 1. The van der Waals surface area contributed by atoms with E-state index in [-0.39, 0.29) is 17.9 Å². The summed E-state index contributed by atoms with van der Waals surface area (Å²) in [6.07, 6.45) is 3.26. The highest BCUT2D eigenvalue weighted by Gasteiger charge is 2.46. The fraction of sp³-hybridized carbons (Fsp3) is 0.222. The number of nitrogens with zero attached hydrogens (tertiary/aromatic N) is 2. The van der Waals surface area contributed by atoms with Crippen molar-refractivity contribution in [2.45, 2.75) is 26.4 Å². The first kappa shape index (κ1) is 23.0. The van der Waals surface area contributed by atoms with Gasteiger partial charge in [0.15, 0.2) is 11.5 Å². The van der Waals surface area contributed by atoms with E-state index in [4.69, 9.17) is 9.47 Å². The summed E-state index contributed by atoms with van der Waals surface area (Å²) in [6.45, 7) is 3.94. The molecule has 174 valence electrons. The Hall–Kier alpha value is -4.13. The number of amides is 1. The van der Waals surface area contributed by atoms with Gasteiger partial charge in [0.25, 0.3) is 11.7 Å². The van der Waals surface area contributed by atoms with E-state index in [0.29, 0.717) is 22.6 Å². The minimum absolute atomic E-state index is 0.0416. The third-order valence-electron chi connectivity index (χ3n) is 6.01. The molecule has 1 atom stereocenters. The molecule has 2 aromatic carbocycles. The van der Waals surface area contributed by atoms with Gasteiger partial charge in [0.05, 0.1) is 25.8 Å². The zero-order valence-corrected chi connectivity index (χ0v) is 19.5. The molecule has 1 fully saturated rings. The lowest BCUT2D eigenvalue weighted by atomic mass is 9.93. The van der Waals surface area contributed by atoms with Crippen molar-refractivity contribution in [3.63, 3.8) is 0 Å². The van der Waals surface area contributed by atoms with Gasteiger partial charge in [-0.25, -0.2) is 0 Å². The van der Waals surface area contributed by atoms with Crippen LogP contribution in [-0.4, -0.2) is 40.9 Å². The molecule has 0 aliphatic carbocycles. The lowest BCUT2D eigenvalue weighted by Crippen LogP contribution is -2.29. The highest BCUT2D eigenvalue weighted by molar-refractivity contribution is 6.46. The van der Waals surface area contributed by atoms with Gasteiger partial charge in [-0.2, -0.15) is 0 Å². The number of benzene rings is 2. The molecule has 1 N–H and O–H groups in total. The number of hydrogen-bond donors (Lipinski definition) is 1. The second-order valence-corrected chi connectivity index (χ2v) is 8.22. The maximum absolute atomic E-state index is 13.3. The van der Waals surface area contributed by atoms with Crippen LogP contribution >= 0.6 is 0 Å². The third-order valence-corrected chi connectivity index (χ3v) is 6.01. The maximum Gasteiger partial charge on any atom is 0.295 e. The lowest BCUT2D eigenvalue weighted by molar-refractivity contribution is -0.140. The number of aryl methyl sites for hydroxylation is 2. The number of carbonyl (C=O) groups is 2. The molecule has 1 amide bonds. The summed E-state index contributed by atoms with van der Waals surface area (Å²) >= 11 is 0. The Balaban J connectivity index is 1.93. The molecule has 0 spiro atoms. The Morgan fingerprint density at radius 1 is 0.971 bits per heavy atom. The van der Waals surface area contributed by atoms with Crippen molar-refractivity contribution >= 4 is 17.4 Å². The van der Waals surface area contributed by atoms with Crippen LogP contribution in [0.1, 0.15) is 33.9 Å². The Labute approximate surface area is 198 Å². The number of ketones is 1. The average Bonchev–Trinajstić information content (AvgIpc) is 3.10. The van der Waals surface area contributed by atoms with Crippen LogP contribution in [0.3, 0.4) is 0 Å². The molecule has 0 radical (unpaired) electrons. The number of Topliss-reactive ketones (excluding diaryl/α,β-unsaturated/α-hetero) is 1. The SMILES string of the molecule is COc1ccc(C2C(=C(O)c3cc(C)ccc3C)C(=O)C(=O)N2Cc2ccncc2)cc1OC. The first-order valence-electron chi connectivity index (χ1n) is 10.8. The van der Waals surface area contributed by atoms with Gasteiger partial charge in [0, 0.05) is 24.5 Å². The van der Waals surface area contributed by atoms with E-state index in [1.165, 1.54) is 19.1 Å². The van der Waals surface area contributed by atoms with Crippen LogP contribution in [0.4, 0.5) is 0 Å². The summed E-state index contributed by atoms with van der Waals surface area (Å²) in [5.74, 6) is -0.625. The molecule has 1 aromatic heterocycles. The van der Waals surface area contributed by atoms with Crippen molar-refractivity contribution in [2.24, 2.45) is 0 Å². The molecule has 2 heterocycles. The standard InChI is InChI=1S/C27H26N2O5/c1-16-5-6-17(2)20(13-16)25(30)23-24(19-7-8-21(33-3)22(14-19)34-4)29(27(32)26(23)31)15-18-9-11-28-12-10-18/h5-14,24,30H,15H2,1-4H3. The number of aliphatic hydroxyl groups excluding tert-OH is 1. The first-order valence-corrected chi connectivity index (χ1v) is 10.8. The Bertz CT molecular complexity index is 1280. The number of aliphatic hydroxyl groups is 1. The smallest absolute Gasteiger partial charge is 0.295 e. The minimum atomic E-state index is -0.812. The van der Waals surface area contributed by atoms with Crippen molar-refractivity contribution in [3.8, 4) is 11.5 Å². The van der Waals surface area contributed by atoms with Crippen LogP contribution in [0, 0.1) is 13.8 Å². The summed E-state index contributed by atoms with van der Waals surface area (Å²) in [4.78, 5) is 32.0. The van der Waals surface area contributed by atoms with E-state index in [1.54, 1.807) is 42.7 Å². The fourth-order valence-corrected chi connectivity index (χ4v) is 4.23. The van der Waals surface area contributed by atoms with E-state index >= 15 is 0 Å². The van der Waals surface area contributed by atoms with E-state index < -0.39 is 17.7 Å². The molecular weight excluding hydrogens is 432 g/mol. The van der Waals surface area contributed by atoms with Gasteiger partial charge in [-0.15, -0.1) is 0 Å². The normalized spacial score (nSPS) is 17.2. The van der Waals surface area contributed by atoms with Gasteiger partial charge in [-0.1, -0.05) is 23.8 Å². The third kappa shape index (κ3) is 4.12. The molecule has 1 aliphatic rings. The Morgan fingerprint density at radius 3 is 2.35 bits per heavy atom. The predicted octanol–water partition coefficient (Wildman–Crippen LogP) is 4.34. The largest absolute Gasteiger partial charge is 0.507 e. The summed E-state index contributed by atoms with van der Waals surface area (Å²) in [5, 5.41) is 11.4. The second kappa shape index (κ2) is 9.39. The van der Waals surface area contributed by atoms with E-state index in [0.717, 1.165) is 16.7 Å². The topological polar surface area (TPSA) is 89.0 Å². The number of ether oxygens (including phenoxy) is 2. The van der Waals surface area contributed by atoms with Crippen LogP contribution in [0.5, 0.6) is 11.5 Å². The highest BCUT2D eigenvalue weighted by atomic mass is 16.5. The molecule has 4 rings (SSSR count). The van der Waals surface area contributed by atoms with Gasteiger partial charge < -0.3 is 19.5 Å². The number of carbonyl (C=O) groups excluding carboxylic acids is 2. The number of aromatic nitrogens is 1. The Kier molecular flexibility index (Phi) is 6.36. The zero-order chi connectivity index (χ0) is 24.4. The second-order valence-electron chi connectivity index (χ2n) is 8.22. The number of methoxy groups -OCH3 is 2. The fourth-order valence-electron chi connectivity index (χ4n) is 4.23. The minimum Gasteiger partial charge on any atom is -0.507 e. The molecule has 34 heavy (non-hydrogen) atoms.